The second kappa shape index (κ2) is 23.4. The molecule has 0 fully saturated rings. The van der Waals surface area contributed by atoms with Gasteiger partial charge in [-0.1, -0.05) is 46.9 Å². The summed E-state index contributed by atoms with van der Waals surface area (Å²) < 4.78 is 43.0. The van der Waals surface area contributed by atoms with Crippen LogP contribution < -0.4 is 48.2 Å². The third kappa shape index (κ3) is 15.4. The smallest absolute Gasteiger partial charge is 0.297 e. The highest BCUT2D eigenvalue weighted by atomic mass is 32.2. The summed E-state index contributed by atoms with van der Waals surface area (Å²) in [6.07, 6.45) is 4.21. The molecule has 0 aliphatic heterocycles. The van der Waals surface area contributed by atoms with Crippen molar-refractivity contribution < 1.29 is 51.5 Å². The van der Waals surface area contributed by atoms with E-state index >= 15 is 0 Å². The lowest BCUT2D eigenvalue weighted by atomic mass is 10.0. The third-order valence-electron chi connectivity index (χ3n) is 9.91. The number of nitrogens with one attached hydrogen (secondary N) is 9. The van der Waals surface area contributed by atoms with E-state index in [1.54, 1.807) is 42.6 Å². The van der Waals surface area contributed by atoms with Crippen molar-refractivity contribution in [1.29, 1.82) is 0 Å². The summed E-state index contributed by atoms with van der Waals surface area (Å²) >= 11 is 0. The number of hydrogen-bond acceptors (Lipinski definition) is 12. The largest absolute Gasteiger partial charge is 0.508 e. The molecule has 7 amide bonds. The highest BCUT2D eigenvalue weighted by Gasteiger charge is 2.32. The van der Waals surface area contributed by atoms with E-state index in [1.807, 2.05) is 4.72 Å². The Labute approximate surface area is 382 Å². The molecule has 0 radical (unpaired) electrons. The number of imidazole rings is 1. The molecule has 0 spiro atoms. The molecule has 5 aromatic rings. The predicted octanol–water partition coefficient (Wildman–Crippen LogP) is -2.35. The van der Waals surface area contributed by atoms with Crippen LogP contribution in [0.1, 0.15) is 29.3 Å². The van der Waals surface area contributed by atoms with E-state index in [9.17, 15) is 51.5 Å². The van der Waals surface area contributed by atoms with Crippen LogP contribution in [0.3, 0.4) is 0 Å². The summed E-state index contributed by atoms with van der Waals surface area (Å²) in [5.74, 6) is -6.68. The molecule has 0 aliphatic rings. The van der Waals surface area contributed by atoms with Crippen LogP contribution in [0.4, 0.5) is 4.39 Å². The van der Waals surface area contributed by atoms with Crippen molar-refractivity contribution in [2.75, 3.05) is 19.6 Å². The maximum absolute atomic E-state index is 14.2. The number of carbonyl (C=O) groups excluding carboxylic acids is 7. The van der Waals surface area contributed by atoms with Crippen molar-refractivity contribution in [2.24, 2.45) is 11.5 Å². The number of benzene rings is 3. The summed E-state index contributed by atoms with van der Waals surface area (Å²) in [7, 11) is -4.75. The van der Waals surface area contributed by atoms with Gasteiger partial charge < -0.3 is 53.1 Å². The highest BCUT2D eigenvalue weighted by Crippen LogP contribution is 2.20. The number of para-hydroxylation sites is 1. The minimum absolute atomic E-state index is 0.0353. The Morgan fingerprint density at radius 2 is 1.43 bits per heavy atom. The number of hydrazine groups is 1. The first kappa shape index (κ1) is 50.3. The Hall–Kier alpha value is -7.74. The van der Waals surface area contributed by atoms with Crippen LogP contribution in [-0.4, -0.2) is 118 Å². The van der Waals surface area contributed by atoms with Gasteiger partial charge in [-0.25, -0.2) is 9.37 Å². The van der Waals surface area contributed by atoms with Crippen LogP contribution in [-0.2, 0) is 69.6 Å². The Morgan fingerprint density at radius 1 is 0.761 bits per heavy atom. The van der Waals surface area contributed by atoms with Gasteiger partial charge in [-0.15, -0.1) is 0 Å². The molecule has 4 atom stereocenters. The molecule has 0 saturated carbocycles. The normalized spacial score (nSPS) is 13.1. The van der Waals surface area contributed by atoms with Gasteiger partial charge in [-0.2, -0.15) is 13.1 Å². The number of carbonyl (C=O) groups is 7. The van der Waals surface area contributed by atoms with Gasteiger partial charge in [0, 0.05) is 41.8 Å². The zero-order chi connectivity index (χ0) is 48.7. The van der Waals surface area contributed by atoms with E-state index in [0.717, 1.165) is 12.1 Å². The van der Waals surface area contributed by atoms with Gasteiger partial charge in [0.1, 0.15) is 29.7 Å². The van der Waals surface area contributed by atoms with E-state index < -0.39 is 108 Å². The summed E-state index contributed by atoms with van der Waals surface area (Å²) in [6.45, 7) is -1.37. The first-order valence-electron chi connectivity index (χ1n) is 20.5. The maximum Gasteiger partial charge on any atom is 0.297 e. The van der Waals surface area contributed by atoms with Gasteiger partial charge in [-0.05, 0) is 60.4 Å². The number of H-pyrrole nitrogens is 2. The first-order valence-corrected chi connectivity index (χ1v) is 21.9. The Morgan fingerprint density at radius 3 is 2.12 bits per heavy atom. The van der Waals surface area contributed by atoms with Crippen molar-refractivity contribution in [1.82, 2.24) is 56.1 Å². The van der Waals surface area contributed by atoms with E-state index in [4.69, 9.17) is 11.5 Å². The monoisotopic (exact) mass is 947 g/mol. The van der Waals surface area contributed by atoms with E-state index in [0.29, 0.717) is 32.1 Å². The number of primary amides is 1. The number of fused-ring (bicyclic) bond motifs is 1. The number of hydrogen-bond donors (Lipinski definition) is 12. The SMILES string of the molecule is CC(NC(=O)C(Cc1c[nH]c2ccccc12)NC(=O)C(Cc1cnc[nH]1)NC(=O)CNC(=O)C(N)Cc1ccc(O)cc1)C(=O)NN(Cc1ccc(F)cc1)S(=O)(=O)NCC(=O)NCC(N)=O. The number of rotatable bonds is 24. The molecule has 5 rings (SSSR count). The zero-order valence-corrected chi connectivity index (χ0v) is 36.7. The van der Waals surface area contributed by atoms with Gasteiger partial charge in [0.15, 0.2) is 0 Å². The van der Waals surface area contributed by atoms with E-state index in [2.05, 4.69) is 47.0 Å². The molecule has 23 nitrogen and oxygen atoms in total. The van der Waals surface area contributed by atoms with Crippen LogP contribution in [0, 0.1) is 5.82 Å². The molecule has 0 bridgehead atoms. The number of amides is 7. The average Bonchev–Trinajstić information content (AvgIpc) is 3.97. The highest BCUT2D eigenvalue weighted by molar-refractivity contribution is 7.87. The average molecular weight is 948 g/mol. The fourth-order valence-electron chi connectivity index (χ4n) is 6.37. The minimum atomic E-state index is -4.75. The van der Waals surface area contributed by atoms with Crippen molar-refractivity contribution in [3.05, 3.63) is 120 Å². The molecule has 14 N–H and O–H groups in total. The minimum Gasteiger partial charge on any atom is -0.508 e. The maximum atomic E-state index is 14.2. The number of aromatic hydroxyl groups is 1. The lowest BCUT2D eigenvalue weighted by Gasteiger charge is -2.26. The van der Waals surface area contributed by atoms with Crippen molar-refractivity contribution in [3.63, 3.8) is 0 Å². The molecule has 4 unspecified atom stereocenters. The van der Waals surface area contributed by atoms with Crippen LogP contribution in [0.2, 0.25) is 0 Å². The molecule has 2 aromatic heterocycles. The number of aromatic nitrogens is 3. The fourth-order valence-corrected chi connectivity index (χ4v) is 7.37. The summed E-state index contributed by atoms with van der Waals surface area (Å²) in [6, 6.07) is 12.5. The van der Waals surface area contributed by atoms with Gasteiger partial charge in [0.2, 0.25) is 35.4 Å². The van der Waals surface area contributed by atoms with Crippen LogP contribution >= 0.6 is 0 Å². The first-order chi connectivity index (χ1) is 31.9. The molecular formula is C42H50FN13O10S. The quantitative estimate of drug-likeness (QED) is 0.0290. The molecule has 67 heavy (non-hydrogen) atoms. The number of halogens is 1. The van der Waals surface area contributed by atoms with Crippen LogP contribution in [0.5, 0.6) is 5.75 Å². The molecular weight excluding hydrogens is 898 g/mol. The number of nitrogens with two attached hydrogens (primary N) is 2. The van der Waals surface area contributed by atoms with Crippen LogP contribution in [0.25, 0.3) is 10.9 Å². The number of aromatic amines is 2. The van der Waals surface area contributed by atoms with Crippen molar-refractivity contribution in [3.8, 4) is 5.75 Å². The topological polar surface area (TPSA) is 358 Å². The molecule has 2 heterocycles. The lowest BCUT2D eigenvalue weighted by molar-refractivity contribution is -0.134. The molecule has 25 heteroatoms. The molecule has 0 aliphatic carbocycles. The summed E-state index contributed by atoms with van der Waals surface area (Å²) in [5.41, 5.74) is 15.8. The third-order valence-corrected chi connectivity index (χ3v) is 11.2. The second-order valence-electron chi connectivity index (χ2n) is 15.1. The summed E-state index contributed by atoms with van der Waals surface area (Å²) in [4.78, 5) is 101. The Bertz CT molecular complexity index is 2650. The molecule has 356 valence electrons. The predicted molar refractivity (Wildman–Crippen MR) is 238 cm³/mol. The number of nitrogens with zero attached hydrogens (tertiary/aromatic N) is 2. The van der Waals surface area contributed by atoms with Gasteiger partial charge in [-0.3, -0.25) is 39.0 Å². The standard InChI is InChI=1S/C42H50FN13O10S/c1-24(39(61)55-56(22-26-6-10-28(43)11-7-26)67(65,66)51-21-37(59)48-19-36(45)58)52-41(63)34(15-27-17-47-33-5-3-2-4-31(27)33)54-42(64)35(16-29-18-46-23-50-29)53-38(60)20-49-40(62)32(44)14-25-8-12-30(57)13-9-25/h2-13,17-18,23-24,32,34-35,47,51,57H,14-16,19-22,44H2,1H3,(H2,45,58)(H,46,50)(H,48,59)(H,49,62)(H,52,63)(H,53,60)(H,54,64)(H,55,61). The van der Waals surface area contributed by atoms with Gasteiger partial charge in [0.05, 0.1) is 38.5 Å². The Kier molecular flexibility index (Phi) is 17.6. The molecule has 3 aromatic carbocycles. The van der Waals surface area contributed by atoms with E-state index in [1.165, 1.54) is 43.7 Å². The molecule has 0 saturated heterocycles. The van der Waals surface area contributed by atoms with Gasteiger partial charge in [0.25, 0.3) is 16.1 Å². The van der Waals surface area contributed by atoms with Crippen molar-refractivity contribution in [2.45, 2.75) is 56.9 Å². The Balaban J connectivity index is 1.31. The second-order valence-corrected chi connectivity index (χ2v) is 16.8. The fraction of sp³-hybridized carbons (Fsp3) is 0.286. The van der Waals surface area contributed by atoms with E-state index in [-0.39, 0.29) is 30.6 Å². The lowest BCUT2D eigenvalue weighted by Crippen LogP contribution is -2.59. The van der Waals surface area contributed by atoms with Crippen molar-refractivity contribution >= 4 is 62.5 Å². The van der Waals surface area contributed by atoms with Gasteiger partial charge >= 0.3 is 0 Å². The van der Waals surface area contributed by atoms with Crippen LogP contribution in [0.15, 0.2) is 91.5 Å². The number of phenols is 1. The zero-order valence-electron chi connectivity index (χ0n) is 35.9. The number of phenolic OH excluding ortho intramolecular Hbond substituents is 1. The summed E-state index contributed by atoms with van der Waals surface area (Å²) in [5, 5.41) is 22.5.